The first-order valence-corrected chi connectivity index (χ1v) is 6.02. The molecule has 1 aliphatic rings. The zero-order valence-electron chi connectivity index (χ0n) is 8.87. The Kier molecular flexibility index (Phi) is 3.43. The summed E-state index contributed by atoms with van der Waals surface area (Å²) >= 11 is 3.52. The summed E-state index contributed by atoms with van der Waals surface area (Å²) in [4.78, 5) is 4.42. The summed E-state index contributed by atoms with van der Waals surface area (Å²) in [7, 11) is 2.03. The van der Waals surface area contributed by atoms with E-state index in [-0.39, 0.29) is 0 Å². The van der Waals surface area contributed by atoms with Gasteiger partial charge in [0.1, 0.15) is 10.4 Å². The molecule has 2 N–H and O–H groups in total. The highest BCUT2D eigenvalue weighted by molar-refractivity contribution is 9.10. The third-order valence-electron chi connectivity index (χ3n) is 2.98. The van der Waals surface area contributed by atoms with Gasteiger partial charge in [-0.1, -0.05) is 0 Å². The predicted molar refractivity (Wildman–Crippen MR) is 61.6 cm³/mol. The topological polar surface area (TPSA) is 53.1 Å². The molecule has 4 nitrogen and oxygen atoms in total. The molecule has 2 heterocycles. The van der Waals surface area contributed by atoms with Crippen LogP contribution < -0.4 is 5.73 Å². The van der Waals surface area contributed by atoms with Crippen LogP contribution in [0.5, 0.6) is 0 Å². The van der Waals surface area contributed by atoms with Crippen LogP contribution in [0, 0.1) is 0 Å². The van der Waals surface area contributed by atoms with Crippen LogP contribution >= 0.6 is 15.9 Å². The van der Waals surface area contributed by atoms with Gasteiger partial charge in [0.25, 0.3) is 0 Å². The van der Waals surface area contributed by atoms with E-state index >= 15 is 0 Å². The lowest BCUT2D eigenvalue weighted by Crippen LogP contribution is -2.17. The molecule has 1 aromatic heterocycles. The number of aromatic nitrogens is 2. The number of nitrogens with two attached hydrogens (primary N) is 1. The van der Waals surface area contributed by atoms with Crippen molar-refractivity contribution < 1.29 is 4.74 Å². The van der Waals surface area contributed by atoms with Crippen LogP contribution in [0.15, 0.2) is 4.60 Å². The second-order valence-corrected chi connectivity index (χ2v) is 4.61. The first kappa shape index (κ1) is 11.1. The molecule has 1 fully saturated rings. The van der Waals surface area contributed by atoms with Gasteiger partial charge in [-0.25, -0.2) is 4.98 Å². The van der Waals surface area contributed by atoms with Crippen molar-refractivity contribution in [1.29, 1.82) is 0 Å². The lowest BCUT2D eigenvalue weighted by Gasteiger charge is -2.22. The van der Waals surface area contributed by atoms with Crippen molar-refractivity contribution in [2.24, 2.45) is 12.8 Å². The fourth-order valence-corrected chi connectivity index (χ4v) is 2.91. The molecule has 84 valence electrons. The number of halogens is 1. The summed E-state index contributed by atoms with van der Waals surface area (Å²) in [5, 5.41) is 0. The van der Waals surface area contributed by atoms with Gasteiger partial charge in [-0.05, 0) is 28.8 Å². The molecule has 1 aromatic rings. The number of hydrogen-bond donors (Lipinski definition) is 1. The fraction of sp³-hybridized carbons (Fsp3) is 0.700. The van der Waals surface area contributed by atoms with E-state index in [0.29, 0.717) is 12.5 Å². The third-order valence-corrected chi connectivity index (χ3v) is 3.56. The fourth-order valence-electron chi connectivity index (χ4n) is 2.12. The Balaban J connectivity index is 2.29. The van der Waals surface area contributed by atoms with E-state index in [2.05, 4.69) is 25.5 Å². The van der Waals surface area contributed by atoms with Crippen LogP contribution in [0.2, 0.25) is 0 Å². The Bertz CT molecular complexity index is 345. The smallest absolute Gasteiger partial charge is 0.127 e. The quantitative estimate of drug-likeness (QED) is 0.890. The molecule has 1 aliphatic heterocycles. The van der Waals surface area contributed by atoms with Gasteiger partial charge in [-0.15, -0.1) is 0 Å². The van der Waals surface area contributed by atoms with Gasteiger partial charge in [-0.3, -0.25) is 0 Å². The molecule has 0 saturated carbocycles. The number of imidazole rings is 1. The Labute approximate surface area is 97.9 Å². The van der Waals surface area contributed by atoms with E-state index in [4.69, 9.17) is 10.5 Å². The van der Waals surface area contributed by atoms with Gasteiger partial charge in [-0.2, -0.15) is 0 Å². The van der Waals surface area contributed by atoms with Crippen molar-refractivity contribution in [3.8, 4) is 0 Å². The number of ether oxygens (including phenoxy) is 1. The maximum Gasteiger partial charge on any atom is 0.127 e. The molecule has 2 rings (SSSR count). The lowest BCUT2D eigenvalue weighted by atomic mass is 9.97. The van der Waals surface area contributed by atoms with E-state index in [1.807, 2.05) is 7.05 Å². The van der Waals surface area contributed by atoms with Crippen LogP contribution in [-0.4, -0.2) is 22.8 Å². The van der Waals surface area contributed by atoms with Crippen LogP contribution in [0.4, 0.5) is 0 Å². The van der Waals surface area contributed by atoms with E-state index in [1.54, 1.807) is 0 Å². The van der Waals surface area contributed by atoms with Crippen molar-refractivity contribution in [3.05, 3.63) is 16.1 Å². The van der Waals surface area contributed by atoms with Gasteiger partial charge in [0.05, 0.1) is 12.2 Å². The predicted octanol–water partition coefficient (Wildman–Crippen LogP) is 1.54. The SMILES string of the molecule is Cn1c(CN)nc(Br)c1C1CCOCC1. The molecular formula is C10H16BrN3O. The van der Waals surface area contributed by atoms with Gasteiger partial charge >= 0.3 is 0 Å². The molecule has 1 saturated heterocycles. The molecule has 0 aromatic carbocycles. The van der Waals surface area contributed by atoms with Crippen LogP contribution in [-0.2, 0) is 18.3 Å². The minimum atomic E-state index is 0.484. The van der Waals surface area contributed by atoms with Crippen molar-refractivity contribution in [2.45, 2.75) is 25.3 Å². The molecule has 0 bridgehead atoms. The van der Waals surface area contributed by atoms with Crippen LogP contribution in [0.3, 0.4) is 0 Å². The van der Waals surface area contributed by atoms with E-state index in [1.165, 1.54) is 5.69 Å². The van der Waals surface area contributed by atoms with Crippen LogP contribution in [0.25, 0.3) is 0 Å². The molecule has 0 spiro atoms. The summed E-state index contributed by atoms with van der Waals surface area (Å²) in [6.07, 6.45) is 2.14. The summed E-state index contributed by atoms with van der Waals surface area (Å²) in [5.74, 6) is 1.48. The molecule has 15 heavy (non-hydrogen) atoms. The Morgan fingerprint density at radius 3 is 2.73 bits per heavy atom. The zero-order valence-corrected chi connectivity index (χ0v) is 10.5. The standard InChI is InChI=1S/C10H16BrN3O/c1-14-8(6-12)13-10(11)9(14)7-2-4-15-5-3-7/h7H,2-6,12H2,1H3. The van der Waals surface area contributed by atoms with Crippen molar-refractivity contribution in [2.75, 3.05) is 13.2 Å². The lowest BCUT2D eigenvalue weighted by molar-refractivity contribution is 0.0837. The van der Waals surface area contributed by atoms with Crippen LogP contribution in [0.1, 0.15) is 30.3 Å². The highest BCUT2D eigenvalue weighted by atomic mass is 79.9. The second kappa shape index (κ2) is 4.63. The molecule has 0 radical (unpaired) electrons. The molecule has 0 amide bonds. The summed E-state index contributed by atoms with van der Waals surface area (Å²) in [5.41, 5.74) is 6.90. The Hall–Kier alpha value is -0.390. The number of hydrogen-bond acceptors (Lipinski definition) is 3. The maximum atomic E-state index is 5.63. The minimum Gasteiger partial charge on any atom is -0.381 e. The van der Waals surface area contributed by atoms with Crippen molar-refractivity contribution in [1.82, 2.24) is 9.55 Å². The maximum absolute atomic E-state index is 5.63. The molecule has 0 unspecified atom stereocenters. The monoisotopic (exact) mass is 273 g/mol. The van der Waals surface area contributed by atoms with Gasteiger partial charge in [0, 0.05) is 26.2 Å². The average molecular weight is 274 g/mol. The number of rotatable bonds is 2. The minimum absolute atomic E-state index is 0.484. The van der Waals surface area contributed by atoms with Gasteiger partial charge in [0.2, 0.25) is 0 Å². The zero-order chi connectivity index (χ0) is 10.8. The average Bonchev–Trinajstić information content (AvgIpc) is 2.55. The van der Waals surface area contributed by atoms with Gasteiger partial charge in [0.15, 0.2) is 0 Å². The summed E-state index contributed by atoms with van der Waals surface area (Å²) in [6, 6.07) is 0. The Morgan fingerprint density at radius 1 is 1.53 bits per heavy atom. The molecule has 5 heteroatoms. The number of nitrogens with zero attached hydrogens (tertiary/aromatic N) is 2. The third kappa shape index (κ3) is 2.09. The normalized spacial score (nSPS) is 18.3. The largest absolute Gasteiger partial charge is 0.381 e. The first-order chi connectivity index (χ1) is 7.24. The van der Waals surface area contributed by atoms with Crippen molar-refractivity contribution >= 4 is 15.9 Å². The Morgan fingerprint density at radius 2 is 2.20 bits per heavy atom. The highest BCUT2D eigenvalue weighted by Crippen LogP contribution is 2.32. The summed E-state index contributed by atoms with van der Waals surface area (Å²) < 4.78 is 8.42. The highest BCUT2D eigenvalue weighted by Gasteiger charge is 2.23. The van der Waals surface area contributed by atoms with E-state index in [0.717, 1.165) is 36.5 Å². The first-order valence-electron chi connectivity index (χ1n) is 5.22. The van der Waals surface area contributed by atoms with Gasteiger partial charge < -0.3 is 15.0 Å². The second-order valence-electron chi connectivity index (χ2n) is 3.85. The van der Waals surface area contributed by atoms with E-state index in [9.17, 15) is 0 Å². The van der Waals surface area contributed by atoms with Crippen molar-refractivity contribution in [3.63, 3.8) is 0 Å². The van der Waals surface area contributed by atoms with E-state index < -0.39 is 0 Å². The molecule has 0 atom stereocenters. The summed E-state index contributed by atoms with van der Waals surface area (Å²) in [6.45, 7) is 2.18. The molecular weight excluding hydrogens is 258 g/mol. The molecule has 0 aliphatic carbocycles.